The highest BCUT2D eigenvalue weighted by atomic mass is 32.2. The highest BCUT2D eigenvalue weighted by molar-refractivity contribution is 8.14. The number of carbonyl (C=O) groups is 2. The number of hydrogen-bond acceptors (Lipinski definition) is 5. The fourth-order valence-corrected chi connectivity index (χ4v) is 4.53. The molecular formula is C23H22N2O3S. The summed E-state index contributed by atoms with van der Waals surface area (Å²) in [6.07, 6.45) is 0.428. The summed E-state index contributed by atoms with van der Waals surface area (Å²) in [4.78, 5) is 32.1. The van der Waals surface area contributed by atoms with Gasteiger partial charge in [0.2, 0.25) is 5.91 Å². The molecule has 1 saturated heterocycles. The van der Waals surface area contributed by atoms with E-state index in [1.54, 1.807) is 16.7 Å². The third kappa shape index (κ3) is 3.98. The Labute approximate surface area is 174 Å². The number of esters is 1. The molecule has 2 aliphatic heterocycles. The van der Waals surface area contributed by atoms with Crippen molar-refractivity contribution in [1.82, 2.24) is 4.90 Å². The van der Waals surface area contributed by atoms with Gasteiger partial charge in [0, 0.05) is 12.2 Å². The first kappa shape index (κ1) is 19.5. The summed E-state index contributed by atoms with van der Waals surface area (Å²) in [7, 11) is 0. The van der Waals surface area contributed by atoms with Crippen molar-refractivity contribution in [3.63, 3.8) is 0 Å². The lowest BCUT2D eigenvalue weighted by Gasteiger charge is -2.38. The van der Waals surface area contributed by atoms with E-state index in [1.807, 2.05) is 68.4 Å². The molecule has 0 aliphatic carbocycles. The summed E-state index contributed by atoms with van der Waals surface area (Å²) < 4.78 is 5.62. The van der Waals surface area contributed by atoms with Crippen molar-refractivity contribution in [2.24, 2.45) is 4.99 Å². The number of amides is 1. The molecule has 2 heterocycles. The predicted octanol–water partition coefficient (Wildman–Crippen LogP) is 4.39. The quantitative estimate of drug-likeness (QED) is 0.707. The van der Waals surface area contributed by atoms with Gasteiger partial charge in [0.1, 0.15) is 6.61 Å². The molecule has 29 heavy (non-hydrogen) atoms. The van der Waals surface area contributed by atoms with Crippen molar-refractivity contribution in [2.45, 2.75) is 32.9 Å². The molecule has 1 amide bonds. The van der Waals surface area contributed by atoms with Crippen molar-refractivity contribution >= 4 is 28.8 Å². The lowest BCUT2D eigenvalue weighted by atomic mass is 9.93. The van der Waals surface area contributed by atoms with E-state index >= 15 is 0 Å². The Morgan fingerprint density at radius 2 is 1.86 bits per heavy atom. The molecular weight excluding hydrogens is 384 g/mol. The Morgan fingerprint density at radius 3 is 2.59 bits per heavy atom. The van der Waals surface area contributed by atoms with Gasteiger partial charge < -0.3 is 4.74 Å². The molecule has 148 valence electrons. The fourth-order valence-electron chi connectivity index (χ4n) is 3.52. The molecule has 0 aromatic heterocycles. The molecule has 4 rings (SSSR count). The van der Waals surface area contributed by atoms with Gasteiger partial charge in [0.15, 0.2) is 5.17 Å². The van der Waals surface area contributed by atoms with Crippen molar-refractivity contribution in [1.29, 1.82) is 0 Å². The average Bonchev–Trinajstić information content (AvgIpc) is 2.72. The number of allylic oxidation sites excluding steroid dienone is 1. The molecule has 6 heteroatoms. The standard InChI is InChI=1S/C23H22N2O3S/c1-15-8-10-18(11-9-15)21-20(22(27)28-14-17-6-4-3-5-7-17)16(2)24-23-25(21)19(26)12-13-29-23/h3-11,21H,12-14H2,1-2H3/t21-/m1/s1. The van der Waals surface area contributed by atoms with Gasteiger partial charge in [-0.25, -0.2) is 9.79 Å². The zero-order chi connectivity index (χ0) is 20.4. The minimum atomic E-state index is -0.522. The summed E-state index contributed by atoms with van der Waals surface area (Å²) in [5.41, 5.74) is 3.93. The number of amidine groups is 1. The van der Waals surface area contributed by atoms with Crippen molar-refractivity contribution in [3.8, 4) is 0 Å². The van der Waals surface area contributed by atoms with Crippen LogP contribution >= 0.6 is 11.8 Å². The Bertz CT molecular complexity index is 997. The molecule has 0 N–H and O–H groups in total. The van der Waals surface area contributed by atoms with Gasteiger partial charge in [0.05, 0.1) is 17.3 Å². The van der Waals surface area contributed by atoms with E-state index in [-0.39, 0.29) is 12.5 Å². The Morgan fingerprint density at radius 1 is 1.14 bits per heavy atom. The number of benzene rings is 2. The van der Waals surface area contributed by atoms with Crippen LogP contribution in [0.2, 0.25) is 0 Å². The maximum atomic E-state index is 13.1. The number of nitrogens with zero attached hydrogens (tertiary/aromatic N) is 2. The minimum absolute atomic E-state index is 0.0195. The monoisotopic (exact) mass is 406 g/mol. The van der Waals surface area contributed by atoms with Crippen LogP contribution in [0.3, 0.4) is 0 Å². The zero-order valence-corrected chi connectivity index (χ0v) is 17.2. The average molecular weight is 407 g/mol. The summed E-state index contributed by atoms with van der Waals surface area (Å²) in [5, 5.41) is 0.656. The molecule has 5 nitrogen and oxygen atoms in total. The maximum absolute atomic E-state index is 13.1. The SMILES string of the molecule is CC1=C(C(=O)OCc2ccccc2)[C@@H](c2ccc(C)cc2)N2C(=O)CCSC2=N1. The van der Waals surface area contributed by atoms with Crippen LogP contribution in [0.25, 0.3) is 0 Å². The van der Waals surface area contributed by atoms with E-state index in [1.165, 1.54) is 0 Å². The summed E-state index contributed by atoms with van der Waals surface area (Å²) in [5.74, 6) is 0.243. The van der Waals surface area contributed by atoms with E-state index < -0.39 is 12.0 Å². The van der Waals surface area contributed by atoms with Gasteiger partial charge in [-0.1, -0.05) is 71.9 Å². The van der Waals surface area contributed by atoms with E-state index in [9.17, 15) is 9.59 Å². The smallest absolute Gasteiger partial charge is 0.338 e. The Hall–Kier alpha value is -2.86. The van der Waals surface area contributed by atoms with Crippen LogP contribution in [0.15, 0.2) is 70.9 Å². The van der Waals surface area contributed by atoms with Crippen LogP contribution in [0.5, 0.6) is 0 Å². The van der Waals surface area contributed by atoms with Gasteiger partial charge in [0.25, 0.3) is 0 Å². The number of hydrogen-bond donors (Lipinski definition) is 0. The molecule has 2 aromatic carbocycles. The van der Waals surface area contributed by atoms with Crippen LogP contribution in [0.4, 0.5) is 0 Å². The summed E-state index contributed by atoms with van der Waals surface area (Å²) in [6.45, 7) is 4.00. The van der Waals surface area contributed by atoms with Crippen molar-refractivity contribution in [3.05, 3.63) is 82.6 Å². The molecule has 0 unspecified atom stereocenters. The first-order valence-corrected chi connectivity index (χ1v) is 10.5. The van der Waals surface area contributed by atoms with Crippen LogP contribution in [-0.2, 0) is 20.9 Å². The number of rotatable bonds is 4. The normalized spacial score (nSPS) is 19.0. The number of carbonyl (C=O) groups excluding carboxylic acids is 2. The molecule has 1 atom stereocenters. The lowest BCUT2D eigenvalue weighted by Crippen LogP contribution is -2.45. The third-order valence-corrected chi connectivity index (χ3v) is 5.99. The maximum Gasteiger partial charge on any atom is 0.338 e. The molecule has 1 fully saturated rings. The van der Waals surface area contributed by atoms with E-state index in [2.05, 4.69) is 4.99 Å². The Balaban J connectivity index is 1.71. The minimum Gasteiger partial charge on any atom is -0.457 e. The lowest BCUT2D eigenvalue weighted by molar-refractivity contribution is -0.141. The van der Waals surface area contributed by atoms with Gasteiger partial charge >= 0.3 is 5.97 Å². The molecule has 0 radical (unpaired) electrons. The van der Waals surface area contributed by atoms with E-state index in [4.69, 9.17) is 4.74 Å². The van der Waals surface area contributed by atoms with Crippen LogP contribution in [0, 0.1) is 6.92 Å². The summed E-state index contributed by atoms with van der Waals surface area (Å²) in [6, 6.07) is 16.9. The molecule has 0 saturated carbocycles. The number of fused-ring (bicyclic) bond motifs is 1. The Kier molecular flexibility index (Phi) is 5.53. The zero-order valence-electron chi connectivity index (χ0n) is 16.4. The second-order valence-corrected chi connectivity index (χ2v) is 8.19. The van der Waals surface area contributed by atoms with Gasteiger partial charge in [-0.05, 0) is 25.0 Å². The fraction of sp³-hybridized carbons (Fsp3) is 0.261. The molecule has 2 aromatic rings. The first-order valence-electron chi connectivity index (χ1n) is 9.56. The van der Waals surface area contributed by atoms with Gasteiger partial charge in [-0.2, -0.15) is 0 Å². The van der Waals surface area contributed by atoms with Gasteiger partial charge in [-0.3, -0.25) is 9.69 Å². The van der Waals surface area contributed by atoms with Crippen molar-refractivity contribution in [2.75, 3.05) is 5.75 Å². The number of thioether (sulfide) groups is 1. The second-order valence-electron chi connectivity index (χ2n) is 7.13. The predicted molar refractivity (Wildman–Crippen MR) is 114 cm³/mol. The van der Waals surface area contributed by atoms with E-state index in [0.717, 1.165) is 16.7 Å². The van der Waals surface area contributed by atoms with E-state index in [0.29, 0.717) is 28.6 Å². The van der Waals surface area contributed by atoms with Gasteiger partial charge in [-0.15, -0.1) is 0 Å². The number of ether oxygens (including phenoxy) is 1. The summed E-state index contributed by atoms with van der Waals surface area (Å²) >= 11 is 1.55. The first-order chi connectivity index (χ1) is 14.0. The molecule has 0 bridgehead atoms. The van der Waals surface area contributed by atoms with Crippen LogP contribution in [-0.4, -0.2) is 27.7 Å². The van der Waals surface area contributed by atoms with Crippen molar-refractivity contribution < 1.29 is 14.3 Å². The van der Waals surface area contributed by atoms with Crippen LogP contribution in [0.1, 0.15) is 36.1 Å². The highest BCUT2D eigenvalue weighted by Crippen LogP contribution is 2.40. The largest absolute Gasteiger partial charge is 0.457 e. The second kappa shape index (κ2) is 8.25. The topological polar surface area (TPSA) is 59.0 Å². The molecule has 2 aliphatic rings. The third-order valence-electron chi connectivity index (χ3n) is 5.03. The number of aliphatic imine (C=N–C) groups is 1. The number of aryl methyl sites for hydroxylation is 1. The highest BCUT2D eigenvalue weighted by Gasteiger charge is 2.41. The van der Waals surface area contributed by atoms with Crippen LogP contribution < -0.4 is 0 Å². The molecule has 0 spiro atoms.